The summed E-state index contributed by atoms with van der Waals surface area (Å²) in [5, 5.41) is 11.8. The van der Waals surface area contributed by atoms with E-state index in [0.717, 1.165) is 5.39 Å². The fraction of sp³-hybridized carbons (Fsp3) is 0.111. The van der Waals surface area contributed by atoms with Gasteiger partial charge in [0.2, 0.25) is 0 Å². The Bertz CT molecular complexity index is 1040. The molecule has 0 aliphatic rings. The molecule has 0 aliphatic carbocycles. The Morgan fingerprint density at radius 1 is 0.962 bits per heavy atom. The Labute approximate surface area is 147 Å². The summed E-state index contributed by atoms with van der Waals surface area (Å²) < 4.78 is 5.52. The molecule has 0 spiro atoms. The van der Waals surface area contributed by atoms with E-state index >= 15 is 0 Å². The number of furan rings is 1. The maximum atomic E-state index is 12.3. The maximum Gasteiger partial charge on any atom is 0.305 e. The molecule has 8 heteroatoms. The quantitative estimate of drug-likeness (QED) is 0.555. The minimum absolute atomic E-state index is 0.0854. The molecule has 2 aromatic carbocycles. The molecular weight excluding hydrogens is 338 g/mol. The van der Waals surface area contributed by atoms with Crippen molar-refractivity contribution >= 4 is 28.5 Å². The monoisotopic (exact) mass is 353 g/mol. The number of aryl methyl sites for hydroxylation is 1. The highest BCUT2D eigenvalue weighted by atomic mass is 16.6. The highest BCUT2D eigenvalue weighted by molar-refractivity contribution is 6.02. The largest absolute Gasteiger partial charge is 0.451 e. The second-order valence-corrected chi connectivity index (χ2v) is 5.67. The number of carbonyl (C=O) groups excluding carboxylic acids is 2. The average molecular weight is 353 g/mol. The number of rotatable bonds is 3. The zero-order chi connectivity index (χ0) is 18.8. The number of hydrogen-bond donors (Lipinski definition) is 2. The Morgan fingerprint density at radius 3 is 2.35 bits per heavy atom. The number of amides is 2. The van der Waals surface area contributed by atoms with Crippen LogP contribution in [0.25, 0.3) is 11.0 Å². The first kappa shape index (κ1) is 17.2. The molecular formula is C18H15N3O5. The molecule has 0 saturated heterocycles. The Kier molecular flexibility index (Phi) is 4.40. The van der Waals surface area contributed by atoms with Crippen molar-refractivity contribution in [1.29, 1.82) is 0 Å². The number of carbonyl (C=O) groups is 2. The van der Waals surface area contributed by atoms with Gasteiger partial charge in [-0.05, 0) is 26.0 Å². The van der Waals surface area contributed by atoms with Crippen molar-refractivity contribution in [2.24, 2.45) is 0 Å². The zero-order valence-electron chi connectivity index (χ0n) is 14.0. The minimum Gasteiger partial charge on any atom is -0.451 e. The van der Waals surface area contributed by atoms with Gasteiger partial charge in [-0.2, -0.15) is 0 Å². The number of para-hydroxylation sites is 1. The average Bonchev–Trinajstić information content (AvgIpc) is 2.96. The second kappa shape index (κ2) is 6.67. The van der Waals surface area contributed by atoms with Crippen LogP contribution >= 0.6 is 0 Å². The van der Waals surface area contributed by atoms with E-state index in [9.17, 15) is 19.7 Å². The number of benzene rings is 2. The summed E-state index contributed by atoms with van der Waals surface area (Å²) in [6, 6.07) is 11.4. The molecule has 3 aromatic rings. The Hall–Kier alpha value is -3.68. The van der Waals surface area contributed by atoms with E-state index in [1.165, 1.54) is 25.1 Å². The van der Waals surface area contributed by atoms with Crippen LogP contribution in [-0.2, 0) is 0 Å². The molecule has 0 atom stereocenters. The van der Waals surface area contributed by atoms with Gasteiger partial charge in [-0.15, -0.1) is 0 Å². The number of nitrogens with one attached hydrogen (secondary N) is 2. The highest BCUT2D eigenvalue weighted by Crippen LogP contribution is 2.24. The number of hydrazine groups is 1. The first-order chi connectivity index (χ1) is 12.4. The number of fused-ring (bicyclic) bond motifs is 1. The predicted molar refractivity (Wildman–Crippen MR) is 93.7 cm³/mol. The minimum atomic E-state index is -0.659. The van der Waals surface area contributed by atoms with Crippen LogP contribution in [-0.4, -0.2) is 16.7 Å². The molecule has 2 N–H and O–H groups in total. The van der Waals surface area contributed by atoms with Gasteiger partial charge >= 0.3 is 5.91 Å². The number of nitro benzene ring substituents is 1. The van der Waals surface area contributed by atoms with Crippen LogP contribution in [0, 0.1) is 24.0 Å². The van der Waals surface area contributed by atoms with Crippen molar-refractivity contribution < 1.29 is 18.9 Å². The topological polar surface area (TPSA) is 114 Å². The molecule has 3 rings (SSSR count). The van der Waals surface area contributed by atoms with Gasteiger partial charge in [-0.1, -0.05) is 24.3 Å². The molecule has 26 heavy (non-hydrogen) atoms. The van der Waals surface area contributed by atoms with E-state index < -0.39 is 16.7 Å². The van der Waals surface area contributed by atoms with Crippen LogP contribution in [0.5, 0.6) is 0 Å². The Balaban J connectivity index is 1.77. The lowest BCUT2D eigenvalue weighted by Gasteiger charge is -2.08. The third-order valence-electron chi connectivity index (χ3n) is 4.09. The van der Waals surface area contributed by atoms with E-state index in [1.54, 1.807) is 19.1 Å². The summed E-state index contributed by atoms with van der Waals surface area (Å²) in [4.78, 5) is 35.0. The molecule has 1 aromatic heterocycles. The molecule has 8 nitrogen and oxygen atoms in total. The summed E-state index contributed by atoms with van der Waals surface area (Å²) in [5.74, 6) is -1.19. The summed E-state index contributed by atoms with van der Waals surface area (Å²) in [7, 11) is 0. The Morgan fingerprint density at radius 2 is 1.65 bits per heavy atom. The van der Waals surface area contributed by atoms with Gasteiger partial charge < -0.3 is 4.42 Å². The van der Waals surface area contributed by atoms with Crippen LogP contribution in [0.15, 0.2) is 46.9 Å². The third-order valence-corrected chi connectivity index (χ3v) is 4.09. The van der Waals surface area contributed by atoms with E-state index in [0.29, 0.717) is 11.1 Å². The summed E-state index contributed by atoms with van der Waals surface area (Å²) in [5.41, 5.74) is 5.89. The third kappa shape index (κ3) is 3.00. The molecule has 0 unspecified atom stereocenters. The second-order valence-electron chi connectivity index (χ2n) is 5.67. The van der Waals surface area contributed by atoms with E-state index in [-0.39, 0.29) is 22.6 Å². The standard InChI is InChI=1S/C18H15N3O5/c1-10-13(7-5-8-14(10)21(24)25)17(22)19-20-18(23)16-11(2)12-6-3-4-9-15(12)26-16/h3-9H,1-2H3,(H,19,22)(H,20,23). The van der Waals surface area contributed by atoms with E-state index in [1.807, 2.05) is 12.1 Å². The SMILES string of the molecule is Cc1c(C(=O)NNC(=O)c2oc3ccccc3c2C)cccc1[N+](=O)[O-]. The highest BCUT2D eigenvalue weighted by Gasteiger charge is 2.20. The van der Waals surface area contributed by atoms with Crippen LogP contribution < -0.4 is 10.9 Å². The van der Waals surface area contributed by atoms with Gasteiger partial charge in [-0.25, -0.2) is 0 Å². The van der Waals surface area contributed by atoms with Gasteiger partial charge in [0.25, 0.3) is 11.6 Å². The van der Waals surface area contributed by atoms with Gasteiger partial charge in [0.1, 0.15) is 5.58 Å². The van der Waals surface area contributed by atoms with Crippen LogP contribution in [0.2, 0.25) is 0 Å². The van der Waals surface area contributed by atoms with Crippen molar-refractivity contribution in [1.82, 2.24) is 10.9 Å². The van der Waals surface area contributed by atoms with Gasteiger partial charge in [-0.3, -0.25) is 30.6 Å². The fourth-order valence-corrected chi connectivity index (χ4v) is 2.70. The fourth-order valence-electron chi connectivity index (χ4n) is 2.70. The molecule has 2 amide bonds. The molecule has 0 fully saturated rings. The van der Waals surface area contributed by atoms with Crippen molar-refractivity contribution in [3.05, 3.63) is 75.0 Å². The molecule has 1 heterocycles. The molecule has 0 saturated carbocycles. The van der Waals surface area contributed by atoms with Crippen molar-refractivity contribution in [2.45, 2.75) is 13.8 Å². The van der Waals surface area contributed by atoms with Crippen LogP contribution in [0.4, 0.5) is 5.69 Å². The van der Waals surface area contributed by atoms with Gasteiger partial charge in [0, 0.05) is 22.6 Å². The number of nitro groups is 1. The van der Waals surface area contributed by atoms with Crippen LogP contribution in [0.1, 0.15) is 32.0 Å². The van der Waals surface area contributed by atoms with Crippen molar-refractivity contribution in [3.8, 4) is 0 Å². The van der Waals surface area contributed by atoms with Crippen LogP contribution in [0.3, 0.4) is 0 Å². The lowest BCUT2D eigenvalue weighted by Crippen LogP contribution is -2.42. The van der Waals surface area contributed by atoms with Crippen molar-refractivity contribution in [3.63, 3.8) is 0 Å². The number of nitrogens with zero attached hydrogens (tertiary/aromatic N) is 1. The summed E-state index contributed by atoms with van der Waals surface area (Å²) in [6.45, 7) is 3.21. The summed E-state index contributed by atoms with van der Waals surface area (Å²) in [6.07, 6.45) is 0. The predicted octanol–water partition coefficient (Wildman–Crippen LogP) is 3.03. The maximum absolute atomic E-state index is 12.3. The lowest BCUT2D eigenvalue weighted by molar-refractivity contribution is -0.385. The lowest BCUT2D eigenvalue weighted by atomic mass is 10.1. The van der Waals surface area contributed by atoms with E-state index in [4.69, 9.17) is 4.42 Å². The smallest absolute Gasteiger partial charge is 0.305 e. The molecule has 0 bridgehead atoms. The molecule has 132 valence electrons. The van der Waals surface area contributed by atoms with Gasteiger partial charge in [0.15, 0.2) is 5.76 Å². The first-order valence-electron chi connectivity index (χ1n) is 7.73. The zero-order valence-corrected chi connectivity index (χ0v) is 14.0. The van der Waals surface area contributed by atoms with Crippen molar-refractivity contribution in [2.75, 3.05) is 0 Å². The normalized spacial score (nSPS) is 10.5. The van der Waals surface area contributed by atoms with E-state index in [2.05, 4.69) is 10.9 Å². The number of hydrogen-bond acceptors (Lipinski definition) is 5. The molecule has 0 radical (unpaired) electrons. The van der Waals surface area contributed by atoms with Gasteiger partial charge in [0.05, 0.1) is 10.5 Å². The first-order valence-corrected chi connectivity index (χ1v) is 7.73. The summed E-state index contributed by atoms with van der Waals surface area (Å²) >= 11 is 0. The molecule has 0 aliphatic heterocycles.